The van der Waals surface area contributed by atoms with Crippen LogP contribution < -0.4 is 0 Å². The molecule has 0 aromatic rings. The van der Waals surface area contributed by atoms with Gasteiger partial charge >= 0.3 is 5.97 Å². The highest BCUT2D eigenvalue weighted by atomic mass is 16.4. The lowest BCUT2D eigenvalue weighted by atomic mass is 9.45. The van der Waals surface area contributed by atoms with Crippen molar-refractivity contribution >= 4 is 5.97 Å². The van der Waals surface area contributed by atoms with Gasteiger partial charge in [0.1, 0.15) is 0 Å². The van der Waals surface area contributed by atoms with Crippen LogP contribution in [0.1, 0.15) is 58.3 Å². The zero-order chi connectivity index (χ0) is 13.2. The van der Waals surface area contributed by atoms with Crippen molar-refractivity contribution in [2.75, 3.05) is 0 Å². The summed E-state index contributed by atoms with van der Waals surface area (Å²) < 4.78 is 0. The van der Waals surface area contributed by atoms with Crippen LogP contribution in [-0.2, 0) is 4.79 Å². The van der Waals surface area contributed by atoms with Crippen molar-refractivity contribution < 1.29 is 9.90 Å². The topological polar surface area (TPSA) is 37.3 Å². The fourth-order valence-corrected chi connectivity index (χ4v) is 6.57. The summed E-state index contributed by atoms with van der Waals surface area (Å²) >= 11 is 0. The normalized spacial score (nSPS) is 47.7. The highest BCUT2D eigenvalue weighted by Gasteiger charge is 2.57. The fraction of sp³-hybridized carbons (Fsp3) is 0.941. The van der Waals surface area contributed by atoms with Crippen molar-refractivity contribution in [1.82, 2.24) is 0 Å². The molecule has 5 rings (SSSR count). The molecule has 2 heteroatoms. The molecular weight excluding hydrogens is 236 g/mol. The van der Waals surface area contributed by atoms with Gasteiger partial charge in [0.2, 0.25) is 0 Å². The molecule has 0 heterocycles. The van der Waals surface area contributed by atoms with E-state index in [4.69, 9.17) is 0 Å². The Morgan fingerprint density at radius 3 is 1.95 bits per heavy atom. The summed E-state index contributed by atoms with van der Waals surface area (Å²) in [7, 11) is 0. The molecule has 0 aliphatic heterocycles. The first-order valence-corrected chi connectivity index (χ1v) is 8.33. The molecular formula is C17H26O2. The molecule has 19 heavy (non-hydrogen) atoms. The molecule has 5 saturated carbocycles. The van der Waals surface area contributed by atoms with Crippen molar-refractivity contribution in [3.8, 4) is 0 Å². The number of carboxylic acids is 1. The van der Waals surface area contributed by atoms with E-state index in [9.17, 15) is 9.90 Å². The first-order chi connectivity index (χ1) is 9.10. The molecule has 5 aliphatic rings. The summed E-state index contributed by atoms with van der Waals surface area (Å²) in [5.74, 6) is 4.35. The van der Waals surface area contributed by atoms with Crippen molar-refractivity contribution in [3.05, 3.63) is 0 Å². The summed E-state index contributed by atoms with van der Waals surface area (Å²) in [5.41, 5.74) is -0.347. The Hall–Kier alpha value is -0.530. The first kappa shape index (κ1) is 12.2. The van der Waals surface area contributed by atoms with Crippen LogP contribution in [-0.4, -0.2) is 11.1 Å². The molecule has 0 spiro atoms. The number of aliphatic carboxylic acids is 1. The summed E-state index contributed by atoms with van der Waals surface area (Å²) in [6.07, 6.45) is 10.1. The number of carboxylic acid groups (broad SMARTS) is 1. The van der Waals surface area contributed by atoms with Gasteiger partial charge in [0.25, 0.3) is 0 Å². The quantitative estimate of drug-likeness (QED) is 0.836. The van der Waals surface area contributed by atoms with Crippen LogP contribution in [0.15, 0.2) is 0 Å². The summed E-state index contributed by atoms with van der Waals surface area (Å²) in [6.45, 7) is 2.28. The predicted octanol–water partition coefficient (Wildman–Crippen LogP) is 3.95. The molecule has 4 bridgehead atoms. The average Bonchev–Trinajstić information content (AvgIpc) is 2.24. The molecule has 0 radical (unpaired) electrons. The Morgan fingerprint density at radius 2 is 1.58 bits per heavy atom. The van der Waals surface area contributed by atoms with Crippen molar-refractivity contribution in [2.45, 2.75) is 58.3 Å². The molecule has 0 saturated heterocycles. The minimum atomic E-state index is -0.500. The largest absolute Gasteiger partial charge is 0.481 e. The van der Waals surface area contributed by atoms with Gasteiger partial charge in [0.05, 0.1) is 5.41 Å². The van der Waals surface area contributed by atoms with E-state index in [0.717, 1.165) is 48.9 Å². The average molecular weight is 262 g/mol. The monoisotopic (exact) mass is 262 g/mol. The molecule has 5 fully saturated rings. The lowest BCUT2D eigenvalue weighted by Crippen LogP contribution is -2.54. The SMILES string of the molecule is CC(C1C2CC3CC(C2)CC1C3)C1(C(=O)O)CCC1. The van der Waals surface area contributed by atoms with Crippen molar-refractivity contribution in [3.63, 3.8) is 0 Å². The van der Waals surface area contributed by atoms with Crippen LogP contribution in [0.25, 0.3) is 0 Å². The molecule has 0 aromatic heterocycles. The van der Waals surface area contributed by atoms with Crippen LogP contribution in [0.5, 0.6) is 0 Å². The van der Waals surface area contributed by atoms with E-state index >= 15 is 0 Å². The number of carbonyl (C=O) groups is 1. The second-order valence-corrected chi connectivity index (χ2v) is 8.11. The van der Waals surface area contributed by atoms with Gasteiger partial charge in [-0.1, -0.05) is 13.3 Å². The van der Waals surface area contributed by atoms with E-state index in [2.05, 4.69) is 6.92 Å². The molecule has 5 aliphatic carbocycles. The second-order valence-electron chi connectivity index (χ2n) is 8.11. The standard InChI is InChI=1S/C17H26O2/c1-10(17(16(18)19)3-2-4-17)15-13-6-11-5-12(8-13)9-14(15)7-11/h10-15H,2-9H2,1H3,(H,18,19). The van der Waals surface area contributed by atoms with Gasteiger partial charge in [0, 0.05) is 0 Å². The van der Waals surface area contributed by atoms with Crippen molar-refractivity contribution in [2.24, 2.45) is 40.9 Å². The molecule has 0 aromatic carbocycles. The van der Waals surface area contributed by atoms with E-state index in [1.807, 2.05) is 0 Å². The van der Waals surface area contributed by atoms with Gasteiger partial charge < -0.3 is 5.11 Å². The first-order valence-electron chi connectivity index (χ1n) is 8.33. The van der Waals surface area contributed by atoms with Gasteiger partial charge in [-0.3, -0.25) is 4.79 Å². The third-order valence-corrected chi connectivity index (χ3v) is 7.42. The lowest BCUT2D eigenvalue weighted by Gasteiger charge is -2.59. The predicted molar refractivity (Wildman–Crippen MR) is 73.6 cm³/mol. The fourth-order valence-electron chi connectivity index (χ4n) is 6.57. The van der Waals surface area contributed by atoms with E-state index in [-0.39, 0.29) is 5.41 Å². The third kappa shape index (κ3) is 1.58. The summed E-state index contributed by atoms with van der Waals surface area (Å²) in [6, 6.07) is 0. The summed E-state index contributed by atoms with van der Waals surface area (Å²) in [5, 5.41) is 9.71. The molecule has 2 nitrogen and oxygen atoms in total. The Balaban J connectivity index is 1.60. The highest BCUT2D eigenvalue weighted by Crippen LogP contribution is 2.62. The van der Waals surface area contributed by atoms with Gasteiger partial charge in [0.15, 0.2) is 0 Å². The summed E-state index contributed by atoms with van der Waals surface area (Å²) in [4.78, 5) is 11.8. The van der Waals surface area contributed by atoms with Crippen molar-refractivity contribution in [1.29, 1.82) is 0 Å². The minimum Gasteiger partial charge on any atom is -0.481 e. The van der Waals surface area contributed by atoms with Crippen LogP contribution in [0, 0.1) is 40.9 Å². The molecule has 1 atom stereocenters. The van der Waals surface area contributed by atoms with Crippen LogP contribution in [0.3, 0.4) is 0 Å². The highest BCUT2D eigenvalue weighted by molar-refractivity contribution is 5.76. The molecule has 1 N–H and O–H groups in total. The van der Waals surface area contributed by atoms with E-state index in [1.165, 1.54) is 32.1 Å². The number of hydrogen-bond acceptors (Lipinski definition) is 1. The zero-order valence-corrected chi connectivity index (χ0v) is 12.0. The maximum absolute atomic E-state index is 11.8. The molecule has 106 valence electrons. The minimum absolute atomic E-state index is 0.347. The third-order valence-electron chi connectivity index (χ3n) is 7.42. The van der Waals surface area contributed by atoms with E-state index in [1.54, 1.807) is 0 Å². The maximum atomic E-state index is 11.8. The number of rotatable bonds is 3. The van der Waals surface area contributed by atoms with Crippen LogP contribution in [0.4, 0.5) is 0 Å². The zero-order valence-electron chi connectivity index (χ0n) is 12.0. The lowest BCUT2D eigenvalue weighted by molar-refractivity contribution is -0.169. The Morgan fingerprint density at radius 1 is 1.05 bits per heavy atom. The van der Waals surface area contributed by atoms with Gasteiger partial charge in [-0.25, -0.2) is 0 Å². The Kier molecular flexibility index (Phi) is 2.57. The molecule has 0 amide bonds. The maximum Gasteiger partial charge on any atom is 0.309 e. The van der Waals surface area contributed by atoms with Gasteiger partial charge in [-0.05, 0) is 80.5 Å². The van der Waals surface area contributed by atoms with E-state index in [0.29, 0.717) is 5.92 Å². The number of hydrogen-bond donors (Lipinski definition) is 1. The van der Waals surface area contributed by atoms with Gasteiger partial charge in [-0.2, -0.15) is 0 Å². The van der Waals surface area contributed by atoms with E-state index < -0.39 is 5.97 Å². The molecule has 1 unspecified atom stereocenters. The smallest absolute Gasteiger partial charge is 0.309 e. The Labute approximate surface area is 116 Å². The second kappa shape index (κ2) is 3.99. The Bertz CT molecular complexity index is 368. The van der Waals surface area contributed by atoms with Crippen LogP contribution >= 0.6 is 0 Å². The van der Waals surface area contributed by atoms with Crippen LogP contribution in [0.2, 0.25) is 0 Å². The van der Waals surface area contributed by atoms with Gasteiger partial charge in [-0.15, -0.1) is 0 Å².